The standard InChI is InChI=1S/C11H11FO4/c12-6-1-2-10-7(3-6)8(14)4-11(16-10)9(15)5-13/h1-3,9,11,13,15H,4-5H2/t9-,11-/m1/s1. The number of Topliss-reactive ketones (excluding diaryl/α,β-unsaturated/α-hetero) is 1. The van der Waals surface area contributed by atoms with Crippen LogP contribution in [-0.4, -0.2) is 34.8 Å². The molecule has 1 heterocycles. The van der Waals surface area contributed by atoms with E-state index in [2.05, 4.69) is 0 Å². The molecule has 5 heteroatoms. The zero-order valence-corrected chi connectivity index (χ0v) is 8.39. The summed E-state index contributed by atoms with van der Waals surface area (Å²) < 4.78 is 18.2. The third-order valence-electron chi connectivity index (χ3n) is 2.52. The topological polar surface area (TPSA) is 66.8 Å². The van der Waals surface area contributed by atoms with E-state index in [1.165, 1.54) is 12.1 Å². The van der Waals surface area contributed by atoms with Crippen LogP contribution < -0.4 is 4.74 Å². The lowest BCUT2D eigenvalue weighted by Crippen LogP contribution is -2.39. The van der Waals surface area contributed by atoms with Gasteiger partial charge in [0.25, 0.3) is 0 Å². The summed E-state index contributed by atoms with van der Waals surface area (Å²) in [6, 6.07) is 3.64. The van der Waals surface area contributed by atoms with Crippen molar-refractivity contribution in [2.45, 2.75) is 18.6 Å². The minimum absolute atomic E-state index is 0.0574. The summed E-state index contributed by atoms with van der Waals surface area (Å²) in [6.07, 6.45) is -1.93. The molecule has 0 unspecified atom stereocenters. The Hall–Kier alpha value is -1.46. The molecule has 0 saturated heterocycles. The predicted octanol–water partition coefficient (Wildman–Crippen LogP) is 0.513. The number of aliphatic hydroxyl groups is 2. The molecule has 86 valence electrons. The van der Waals surface area contributed by atoms with Crippen molar-refractivity contribution in [3.8, 4) is 5.75 Å². The molecule has 0 amide bonds. The number of aliphatic hydroxyl groups excluding tert-OH is 2. The second kappa shape index (κ2) is 4.19. The van der Waals surface area contributed by atoms with E-state index in [4.69, 9.17) is 9.84 Å². The van der Waals surface area contributed by atoms with E-state index < -0.39 is 24.6 Å². The van der Waals surface area contributed by atoms with Crippen molar-refractivity contribution in [2.75, 3.05) is 6.61 Å². The summed E-state index contributed by atoms with van der Waals surface area (Å²) in [5, 5.41) is 18.1. The molecule has 0 radical (unpaired) electrons. The summed E-state index contributed by atoms with van der Waals surface area (Å²) >= 11 is 0. The monoisotopic (exact) mass is 226 g/mol. The Balaban J connectivity index is 2.30. The third-order valence-corrected chi connectivity index (χ3v) is 2.52. The van der Waals surface area contributed by atoms with Gasteiger partial charge in [0.05, 0.1) is 18.6 Å². The quantitative estimate of drug-likeness (QED) is 0.771. The molecule has 1 aliphatic rings. The van der Waals surface area contributed by atoms with Gasteiger partial charge >= 0.3 is 0 Å². The molecule has 0 spiro atoms. The Morgan fingerprint density at radius 1 is 1.56 bits per heavy atom. The number of benzene rings is 1. The van der Waals surface area contributed by atoms with Crippen LogP contribution >= 0.6 is 0 Å². The van der Waals surface area contributed by atoms with Crippen LogP contribution in [0.5, 0.6) is 5.75 Å². The van der Waals surface area contributed by atoms with Crippen LogP contribution in [0.2, 0.25) is 0 Å². The molecule has 0 aliphatic carbocycles. The number of carbonyl (C=O) groups excluding carboxylic acids is 1. The number of carbonyl (C=O) groups is 1. The molecular weight excluding hydrogens is 215 g/mol. The van der Waals surface area contributed by atoms with Crippen molar-refractivity contribution < 1.29 is 24.1 Å². The van der Waals surface area contributed by atoms with Gasteiger partial charge in [-0.15, -0.1) is 0 Å². The van der Waals surface area contributed by atoms with Gasteiger partial charge in [-0.3, -0.25) is 4.79 Å². The van der Waals surface area contributed by atoms with E-state index in [1.807, 2.05) is 0 Å². The molecule has 2 N–H and O–H groups in total. The fraction of sp³-hybridized carbons (Fsp3) is 0.364. The average Bonchev–Trinajstić information content (AvgIpc) is 2.28. The van der Waals surface area contributed by atoms with Crippen LogP contribution in [-0.2, 0) is 0 Å². The molecule has 0 saturated carbocycles. The Bertz CT molecular complexity index is 418. The number of hydrogen-bond acceptors (Lipinski definition) is 4. The van der Waals surface area contributed by atoms with Crippen LogP contribution in [0.25, 0.3) is 0 Å². The Morgan fingerprint density at radius 2 is 2.31 bits per heavy atom. The first-order chi connectivity index (χ1) is 7.61. The molecule has 0 bridgehead atoms. The smallest absolute Gasteiger partial charge is 0.170 e. The van der Waals surface area contributed by atoms with E-state index in [9.17, 15) is 14.3 Å². The molecule has 2 rings (SSSR count). The van der Waals surface area contributed by atoms with Crippen molar-refractivity contribution in [2.24, 2.45) is 0 Å². The highest BCUT2D eigenvalue weighted by molar-refractivity contribution is 5.99. The predicted molar refractivity (Wildman–Crippen MR) is 52.9 cm³/mol. The summed E-state index contributed by atoms with van der Waals surface area (Å²) in [5.74, 6) is -0.551. The maximum atomic E-state index is 12.9. The maximum Gasteiger partial charge on any atom is 0.170 e. The first-order valence-electron chi connectivity index (χ1n) is 4.90. The Morgan fingerprint density at radius 3 is 3.00 bits per heavy atom. The maximum absolute atomic E-state index is 12.9. The van der Waals surface area contributed by atoms with Gasteiger partial charge < -0.3 is 14.9 Å². The van der Waals surface area contributed by atoms with Gasteiger partial charge in [-0.05, 0) is 18.2 Å². The summed E-state index contributed by atoms with van der Waals surface area (Å²) in [4.78, 5) is 11.6. The van der Waals surface area contributed by atoms with Gasteiger partial charge in [0.1, 0.15) is 23.8 Å². The van der Waals surface area contributed by atoms with E-state index >= 15 is 0 Å². The molecular formula is C11H11FO4. The van der Waals surface area contributed by atoms with Gasteiger partial charge in [-0.1, -0.05) is 0 Å². The molecule has 1 aromatic rings. The van der Waals surface area contributed by atoms with E-state index in [-0.39, 0.29) is 23.5 Å². The Kier molecular flexibility index (Phi) is 2.89. The highest BCUT2D eigenvalue weighted by Crippen LogP contribution is 2.29. The largest absolute Gasteiger partial charge is 0.486 e. The fourth-order valence-corrected chi connectivity index (χ4v) is 1.65. The van der Waals surface area contributed by atoms with E-state index in [1.54, 1.807) is 0 Å². The van der Waals surface area contributed by atoms with Gasteiger partial charge in [0.15, 0.2) is 5.78 Å². The second-order valence-corrected chi connectivity index (χ2v) is 3.67. The van der Waals surface area contributed by atoms with Gasteiger partial charge in [0.2, 0.25) is 0 Å². The zero-order chi connectivity index (χ0) is 11.7. The second-order valence-electron chi connectivity index (χ2n) is 3.67. The molecule has 0 fully saturated rings. The molecule has 0 aromatic heterocycles. The molecule has 16 heavy (non-hydrogen) atoms. The van der Waals surface area contributed by atoms with Crippen molar-refractivity contribution in [3.05, 3.63) is 29.6 Å². The highest BCUT2D eigenvalue weighted by Gasteiger charge is 2.31. The Labute approximate surface area is 91.3 Å². The van der Waals surface area contributed by atoms with Crippen LogP contribution in [0.15, 0.2) is 18.2 Å². The van der Waals surface area contributed by atoms with Crippen LogP contribution in [0.4, 0.5) is 4.39 Å². The van der Waals surface area contributed by atoms with Gasteiger partial charge in [-0.2, -0.15) is 0 Å². The lowest BCUT2D eigenvalue weighted by molar-refractivity contribution is -0.00671. The first kappa shape index (κ1) is 11.0. The SMILES string of the molecule is O=C1C[C@H]([C@H](O)CO)Oc2ccc(F)cc21. The molecule has 1 aromatic carbocycles. The molecule has 4 nitrogen and oxygen atoms in total. The first-order valence-corrected chi connectivity index (χ1v) is 4.90. The van der Waals surface area contributed by atoms with E-state index in [0.717, 1.165) is 6.07 Å². The summed E-state index contributed by atoms with van der Waals surface area (Å²) in [5.41, 5.74) is 0.182. The normalized spacial score (nSPS) is 21.2. The van der Waals surface area contributed by atoms with Crippen molar-refractivity contribution in [1.82, 2.24) is 0 Å². The van der Waals surface area contributed by atoms with Gasteiger partial charge in [-0.25, -0.2) is 4.39 Å². The number of ether oxygens (including phenoxy) is 1. The lowest BCUT2D eigenvalue weighted by atomic mass is 9.98. The third kappa shape index (κ3) is 1.91. The number of ketones is 1. The lowest BCUT2D eigenvalue weighted by Gasteiger charge is -2.27. The summed E-state index contributed by atoms with van der Waals surface area (Å²) in [6.45, 7) is -0.478. The molecule has 2 atom stereocenters. The highest BCUT2D eigenvalue weighted by atomic mass is 19.1. The number of rotatable bonds is 2. The average molecular weight is 226 g/mol. The van der Waals surface area contributed by atoms with E-state index in [0.29, 0.717) is 0 Å². The zero-order valence-electron chi connectivity index (χ0n) is 8.39. The van der Waals surface area contributed by atoms with Crippen LogP contribution in [0, 0.1) is 5.82 Å². The fourth-order valence-electron chi connectivity index (χ4n) is 1.65. The molecule has 1 aliphatic heterocycles. The van der Waals surface area contributed by atoms with Crippen LogP contribution in [0.1, 0.15) is 16.8 Å². The van der Waals surface area contributed by atoms with Crippen LogP contribution in [0.3, 0.4) is 0 Å². The van der Waals surface area contributed by atoms with Crippen molar-refractivity contribution in [1.29, 1.82) is 0 Å². The number of hydrogen-bond donors (Lipinski definition) is 2. The van der Waals surface area contributed by atoms with Gasteiger partial charge in [0, 0.05) is 0 Å². The number of halogens is 1. The number of fused-ring (bicyclic) bond motifs is 1. The minimum Gasteiger partial charge on any atom is -0.486 e. The van der Waals surface area contributed by atoms with Crippen molar-refractivity contribution in [3.63, 3.8) is 0 Å². The minimum atomic E-state index is -1.11. The van der Waals surface area contributed by atoms with Crippen molar-refractivity contribution >= 4 is 5.78 Å². The summed E-state index contributed by atoms with van der Waals surface area (Å²) in [7, 11) is 0.